The molecule has 112 valence electrons. The van der Waals surface area contributed by atoms with E-state index in [-0.39, 0.29) is 5.91 Å². The molecule has 1 aromatic rings. The molecule has 6 heteroatoms. The second-order valence-corrected chi connectivity index (χ2v) is 5.32. The number of aryl methyl sites for hydroxylation is 1. The van der Waals surface area contributed by atoms with Gasteiger partial charge < -0.3 is 10.2 Å². The first-order valence-electron chi connectivity index (χ1n) is 7.71. The normalized spacial score (nSPS) is 15.6. The molecule has 20 heavy (non-hydrogen) atoms. The Morgan fingerprint density at radius 1 is 1.25 bits per heavy atom. The van der Waals surface area contributed by atoms with Crippen molar-refractivity contribution >= 4 is 5.91 Å². The molecule has 2 heterocycles. The minimum absolute atomic E-state index is 0.00346. The Morgan fingerprint density at radius 2 is 2.00 bits per heavy atom. The van der Waals surface area contributed by atoms with E-state index in [1.165, 1.54) is 25.7 Å². The average molecular weight is 279 g/mol. The molecule has 0 radical (unpaired) electrons. The summed E-state index contributed by atoms with van der Waals surface area (Å²) in [6.45, 7) is 6.29. The van der Waals surface area contributed by atoms with Crippen LogP contribution >= 0.6 is 0 Å². The summed E-state index contributed by atoms with van der Waals surface area (Å²) in [5, 5.41) is 11.3. The molecule has 0 spiro atoms. The molecule has 1 aliphatic heterocycles. The van der Waals surface area contributed by atoms with E-state index in [9.17, 15) is 4.79 Å². The average Bonchev–Trinajstić information content (AvgIpc) is 2.96. The molecule has 1 amide bonds. The zero-order chi connectivity index (χ0) is 14.2. The van der Waals surface area contributed by atoms with E-state index < -0.39 is 0 Å². The molecular formula is C14H25N5O. The van der Waals surface area contributed by atoms with Crippen LogP contribution in [-0.2, 0) is 6.54 Å². The number of carbonyl (C=O) groups is 1. The highest BCUT2D eigenvalue weighted by Crippen LogP contribution is 2.06. The topological polar surface area (TPSA) is 63.1 Å². The highest BCUT2D eigenvalue weighted by atomic mass is 16.2. The first-order valence-corrected chi connectivity index (χ1v) is 7.71. The van der Waals surface area contributed by atoms with Crippen LogP contribution in [0.2, 0.25) is 0 Å². The Bertz CT molecular complexity index is 411. The second-order valence-electron chi connectivity index (χ2n) is 5.32. The van der Waals surface area contributed by atoms with Gasteiger partial charge in [0.2, 0.25) is 0 Å². The smallest absolute Gasteiger partial charge is 0.276 e. The van der Waals surface area contributed by atoms with Crippen molar-refractivity contribution in [3.8, 4) is 0 Å². The molecule has 0 bridgehead atoms. The van der Waals surface area contributed by atoms with Crippen molar-refractivity contribution in [1.82, 2.24) is 25.2 Å². The van der Waals surface area contributed by atoms with Gasteiger partial charge in [0, 0.05) is 32.7 Å². The Labute approximate surface area is 120 Å². The summed E-state index contributed by atoms with van der Waals surface area (Å²) in [5.74, 6) is 0.00346. The molecule has 1 fully saturated rings. The van der Waals surface area contributed by atoms with Crippen molar-refractivity contribution in [1.29, 1.82) is 0 Å². The maximum atomic E-state index is 12.2. The van der Waals surface area contributed by atoms with Crippen LogP contribution in [0.5, 0.6) is 0 Å². The van der Waals surface area contributed by atoms with Gasteiger partial charge in [-0.2, -0.15) is 0 Å². The van der Waals surface area contributed by atoms with E-state index in [0.717, 1.165) is 39.1 Å². The molecule has 0 unspecified atom stereocenters. The fourth-order valence-electron chi connectivity index (χ4n) is 2.41. The van der Waals surface area contributed by atoms with Gasteiger partial charge in [0.15, 0.2) is 5.69 Å². The summed E-state index contributed by atoms with van der Waals surface area (Å²) in [6, 6.07) is 0. The lowest BCUT2D eigenvalue weighted by molar-refractivity contribution is 0.0729. The van der Waals surface area contributed by atoms with Gasteiger partial charge >= 0.3 is 0 Å². The van der Waals surface area contributed by atoms with E-state index in [0.29, 0.717) is 5.69 Å². The van der Waals surface area contributed by atoms with Crippen LogP contribution in [0.4, 0.5) is 0 Å². The fraction of sp³-hybridized carbons (Fsp3) is 0.786. The van der Waals surface area contributed by atoms with Gasteiger partial charge in [-0.05, 0) is 6.42 Å². The summed E-state index contributed by atoms with van der Waals surface area (Å²) in [4.78, 5) is 14.0. The molecule has 1 saturated heterocycles. The summed E-state index contributed by atoms with van der Waals surface area (Å²) in [6.07, 6.45) is 7.93. The summed E-state index contributed by atoms with van der Waals surface area (Å²) >= 11 is 0. The molecule has 0 aromatic carbocycles. The maximum Gasteiger partial charge on any atom is 0.276 e. The molecule has 6 nitrogen and oxygen atoms in total. The van der Waals surface area contributed by atoms with Crippen LogP contribution in [0.3, 0.4) is 0 Å². The number of nitrogens with one attached hydrogen (secondary N) is 1. The van der Waals surface area contributed by atoms with E-state index in [1.54, 1.807) is 10.9 Å². The number of unbranched alkanes of at least 4 members (excludes halogenated alkanes) is 4. The lowest BCUT2D eigenvalue weighted by atomic mass is 10.1. The number of aromatic nitrogens is 3. The molecule has 1 aromatic heterocycles. The predicted molar refractivity (Wildman–Crippen MR) is 77.6 cm³/mol. The number of hydrogen-bond acceptors (Lipinski definition) is 4. The third-order valence-electron chi connectivity index (χ3n) is 3.65. The van der Waals surface area contributed by atoms with Gasteiger partial charge in [0.1, 0.15) is 0 Å². The minimum atomic E-state index is 0.00346. The van der Waals surface area contributed by atoms with E-state index >= 15 is 0 Å². The quantitative estimate of drug-likeness (QED) is 0.764. The van der Waals surface area contributed by atoms with Crippen molar-refractivity contribution in [3.63, 3.8) is 0 Å². The monoisotopic (exact) mass is 279 g/mol. The zero-order valence-corrected chi connectivity index (χ0v) is 12.3. The van der Waals surface area contributed by atoms with Gasteiger partial charge in [-0.25, -0.2) is 0 Å². The molecule has 0 saturated carbocycles. The molecular weight excluding hydrogens is 254 g/mol. The lowest BCUT2D eigenvalue weighted by Crippen LogP contribution is -2.46. The van der Waals surface area contributed by atoms with Crippen LogP contribution in [0.25, 0.3) is 0 Å². The minimum Gasteiger partial charge on any atom is -0.335 e. The molecule has 1 aliphatic rings. The van der Waals surface area contributed by atoms with E-state index in [4.69, 9.17) is 0 Å². The molecule has 0 aliphatic carbocycles. The summed E-state index contributed by atoms with van der Waals surface area (Å²) in [7, 11) is 0. The number of hydrogen-bond donors (Lipinski definition) is 1. The SMILES string of the molecule is CCCCCCCn1cc(C(=O)N2CCNCC2)nn1. The van der Waals surface area contributed by atoms with Crippen molar-refractivity contribution < 1.29 is 4.79 Å². The van der Waals surface area contributed by atoms with Gasteiger partial charge in [0.25, 0.3) is 5.91 Å². The predicted octanol–water partition coefficient (Wildman–Crippen LogP) is 1.29. The van der Waals surface area contributed by atoms with Crippen LogP contribution < -0.4 is 5.32 Å². The van der Waals surface area contributed by atoms with Gasteiger partial charge in [-0.15, -0.1) is 5.10 Å². The number of piperazine rings is 1. The highest BCUT2D eigenvalue weighted by Gasteiger charge is 2.20. The second kappa shape index (κ2) is 7.99. The number of amides is 1. The van der Waals surface area contributed by atoms with Crippen molar-refractivity contribution in [3.05, 3.63) is 11.9 Å². The number of carbonyl (C=O) groups excluding carboxylic acids is 1. The van der Waals surface area contributed by atoms with Crippen LogP contribution in [0.1, 0.15) is 49.5 Å². The number of nitrogens with zero attached hydrogens (tertiary/aromatic N) is 4. The third-order valence-corrected chi connectivity index (χ3v) is 3.65. The van der Waals surface area contributed by atoms with Crippen LogP contribution in [0, 0.1) is 0 Å². The Kier molecular flexibility index (Phi) is 5.98. The largest absolute Gasteiger partial charge is 0.335 e. The van der Waals surface area contributed by atoms with Gasteiger partial charge in [-0.1, -0.05) is 37.8 Å². The Hall–Kier alpha value is -1.43. The van der Waals surface area contributed by atoms with Crippen LogP contribution in [0.15, 0.2) is 6.20 Å². The van der Waals surface area contributed by atoms with E-state index in [1.807, 2.05) is 4.90 Å². The van der Waals surface area contributed by atoms with Crippen molar-refractivity contribution in [2.45, 2.75) is 45.6 Å². The van der Waals surface area contributed by atoms with Gasteiger partial charge in [0.05, 0.1) is 6.20 Å². The van der Waals surface area contributed by atoms with E-state index in [2.05, 4.69) is 22.6 Å². The summed E-state index contributed by atoms with van der Waals surface area (Å²) in [5.41, 5.74) is 0.473. The lowest BCUT2D eigenvalue weighted by Gasteiger charge is -2.26. The third kappa shape index (κ3) is 4.30. The number of rotatable bonds is 7. The zero-order valence-electron chi connectivity index (χ0n) is 12.3. The van der Waals surface area contributed by atoms with Crippen LogP contribution in [-0.4, -0.2) is 52.0 Å². The van der Waals surface area contributed by atoms with Crippen molar-refractivity contribution in [2.75, 3.05) is 26.2 Å². The Morgan fingerprint density at radius 3 is 2.75 bits per heavy atom. The first kappa shape index (κ1) is 15.0. The summed E-state index contributed by atoms with van der Waals surface area (Å²) < 4.78 is 1.79. The standard InChI is InChI=1S/C14H25N5O/c1-2-3-4-5-6-9-19-12-13(16-17-19)14(20)18-10-7-15-8-11-18/h12,15H,2-11H2,1H3. The highest BCUT2D eigenvalue weighted by molar-refractivity contribution is 5.92. The first-order chi connectivity index (χ1) is 9.81. The molecule has 0 atom stereocenters. The molecule has 1 N–H and O–H groups in total. The van der Waals surface area contributed by atoms with Crippen molar-refractivity contribution in [2.24, 2.45) is 0 Å². The van der Waals surface area contributed by atoms with Gasteiger partial charge in [-0.3, -0.25) is 9.48 Å². The molecule has 2 rings (SSSR count). The fourth-order valence-corrected chi connectivity index (χ4v) is 2.41. The maximum absolute atomic E-state index is 12.2. The Balaban J connectivity index is 1.77.